The van der Waals surface area contributed by atoms with Crippen molar-refractivity contribution in [3.8, 4) is 0 Å². The second-order valence-electron chi connectivity index (χ2n) is 3.71. The van der Waals surface area contributed by atoms with Gasteiger partial charge in [-0.25, -0.2) is 0 Å². The standard InChI is InChI=1S/C11H14N2O/c12-11(14)8-4-6-10(7-5-8)13-9-2-1-3-9/h4-7,9,13H,1-3H2,(H2,12,14). The minimum absolute atomic E-state index is 0.375. The number of amides is 1. The molecule has 14 heavy (non-hydrogen) atoms. The molecule has 1 saturated carbocycles. The Labute approximate surface area is 83.3 Å². The number of primary amides is 1. The van der Waals surface area contributed by atoms with Crippen molar-refractivity contribution < 1.29 is 4.79 Å². The lowest BCUT2D eigenvalue weighted by Gasteiger charge is -2.27. The highest BCUT2D eigenvalue weighted by atomic mass is 16.1. The summed E-state index contributed by atoms with van der Waals surface area (Å²) in [5, 5.41) is 3.39. The number of carbonyl (C=O) groups is 1. The Hall–Kier alpha value is -1.51. The molecule has 2 rings (SSSR count). The van der Waals surface area contributed by atoms with Gasteiger partial charge in [0, 0.05) is 17.3 Å². The maximum absolute atomic E-state index is 10.8. The molecule has 0 heterocycles. The number of anilines is 1. The summed E-state index contributed by atoms with van der Waals surface area (Å²) in [6, 6.07) is 7.93. The molecular weight excluding hydrogens is 176 g/mol. The van der Waals surface area contributed by atoms with Crippen LogP contribution in [-0.4, -0.2) is 11.9 Å². The molecule has 0 aromatic heterocycles. The van der Waals surface area contributed by atoms with Crippen molar-refractivity contribution >= 4 is 11.6 Å². The van der Waals surface area contributed by atoms with Crippen LogP contribution in [0.4, 0.5) is 5.69 Å². The summed E-state index contributed by atoms with van der Waals surface area (Å²) in [6.45, 7) is 0. The van der Waals surface area contributed by atoms with Crippen molar-refractivity contribution in [1.29, 1.82) is 0 Å². The zero-order valence-corrected chi connectivity index (χ0v) is 7.99. The lowest BCUT2D eigenvalue weighted by Crippen LogP contribution is -2.26. The van der Waals surface area contributed by atoms with E-state index in [1.807, 2.05) is 12.1 Å². The summed E-state index contributed by atoms with van der Waals surface area (Å²) in [4.78, 5) is 10.8. The fourth-order valence-electron chi connectivity index (χ4n) is 1.52. The van der Waals surface area contributed by atoms with Crippen LogP contribution in [0, 0.1) is 0 Å². The molecule has 3 nitrogen and oxygen atoms in total. The molecule has 1 aromatic rings. The Bertz CT molecular complexity index is 328. The molecule has 1 aromatic carbocycles. The normalized spacial score (nSPS) is 16.0. The van der Waals surface area contributed by atoms with Crippen molar-refractivity contribution in [3.05, 3.63) is 29.8 Å². The van der Waals surface area contributed by atoms with E-state index in [0.29, 0.717) is 11.6 Å². The maximum Gasteiger partial charge on any atom is 0.248 e. The number of carbonyl (C=O) groups excluding carboxylic acids is 1. The third-order valence-electron chi connectivity index (χ3n) is 2.65. The van der Waals surface area contributed by atoms with E-state index in [2.05, 4.69) is 5.32 Å². The third-order valence-corrected chi connectivity index (χ3v) is 2.65. The first-order valence-corrected chi connectivity index (χ1v) is 4.92. The van der Waals surface area contributed by atoms with Gasteiger partial charge in [0.1, 0.15) is 0 Å². The van der Waals surface area contributed by atoms with E-state index in [1.165, 1.54) is 19.3 Å². The Kier molecular flexibility index (Phi) is 2.39. The van der Waals surface area contributed by atoms with Crippen molar-refractivity contribution in [2.45, 2.75) is 25.3 Å². The second kappa shape index (κ2) is 3.70. The van der Waals surface area contributed by atoms with Gasteiger partial charge < -0.3 is 11.1 Å². The number of benzene rings is 1. The molecule has 0 unspecified atom stereocenters. The summed E-state index contributed by atoms with van der Waals surface area (Å²) in [5.74, 6) is -0.375. The fraction of sp³-hybridized carbons (Fsp3) is 0.364. The molecule has 0 bridgehead atoms. The van der Waals surface area contributed by atoms with Crippen LogP contribution in [0.3, 0.4) is 0 Å². The highest BCUT2D eigenvalue weighted by Gasteiger charge is 2.16. The quantitative estimate of drug-likeness (QED) is 0.763. The van der Waals surface area contributed by atoms with E-state index in [-0.39, 0.29) is 5.91 Å². The molecule has 1 fully saturated rings. The number of hydrogen-bond acceptors (Lipinski definition) is 2. The summed E-state index contributed by atoms with van der Waals surface area (Å²) in [6.07, 6.45) is 3.81. The first-order chi connectivity index (χ1) is 6.75. The minimum Gasteiger partial charge on any atom is -0.382 e. The summed E-state index contributed by atoms with van der Waals surface area (Å²) in [5.41, 5.74) is 6.77. The van der Waals surface area contributed by atoms with Crippen LogP contribution >= 0.6 is 0 Å². The van der Waals surface area contributed by atoms with Gasteiger partial charge in [0.05, 0.1) is 0 Å². The number of nitrogens with two attached hydrogens (primary N) is 1. The summed E-state index contributed by atoms with van der Waals surface area (Å²) < 4.78 is 0. The van der Waals surface area contributed by atoms with Gasteiger partial charge in [-0.15, -0.1) is 0 Å². The molecule has 74 valence electrons. The monoisotopic (exact) mass is 190 g/mol. The smallest absolute Gasteiger partial charge is 0.248 e. The van der Waals surface area contributed by atoms with Crippen molar-refractivity contribution in [1.82, 2.24) is 0 Å². The molecular formula is C11H14N2O. The SMILES string of the molecule is NC(=O)c1ccc(NC2CCC2)cc1. The van der Waals surface area contributed by atoms with Gasteiger partial charge in [0.25, 0.3) is 0 Å². The fourth-order valence-corrected chi connectivity index (χ4v) is 1.52. The minimum atomic E-state index is -0.375. The molecule has 0 spiro atoms. The maximum atomic E-state index is 10.8. The van der Waals surface area contributed by atoms with Crippen molar-refractivity contribution in [3.63, 3.8) is 0 Å². The van der Waals surface area contributed by atoms with Gasteiger partial charge in [0.15, 0.2) is 0 Å². The lowest BCUT2D eigenvalue weighted by molar-refractivity contribution is 0.100. The molecule has 0 aliphatic heterocycles. The number of nitrogens with one attached hydrogen (secondary N) is 1. The van der Waals surface area contributed by atoms with Crippen molar-refractivity contribution in [2.24, 2.45) is 5.73 Å². The topological polar surface area (TPSA) is 55.1 Å². The average molecular weight is 190 g/mol. The predicted molar refractivity (Wildman–Crippen MR) is 56.2 cm³/mol. The molecule has 1 aliphatic rings. The van der Waals surface area contributed by atoms with Gasteiger partial charge in [0.2, 0.25) is 5.91 Å². The van der Waals surface area contributed by atoms with Crippen LogP contribution in [0.2, 0.25) is 0 Å². The van der Waals surface area contributed by atoms with Gasteiger partial charge in [-0.3, -0.25) is 4.79 Å². The second-order valence-corrected chi connectivity index (χ2v) is 3.71. The largest absolute Gasteiger partial charge is 0.382 e. The van der Waals surface area contributed by atoms with E-state index in [1.54, 1.807) is 12.1 Å². The van der Waals surface area contributed by atoms with Gasteiger partial charge in [-0.05, 0) is 43.5 Å². The molecule has 1 amide bonds. The third kappa shape index (κ3) is 1.87. The molecule has 0 saturated heterocycles. The first kappa shape index (κ1) is 9.06. The van der Waals surface area contributed by atoms with E-state index >= 15 is 0 Å². The van der Waals surface area contributed by atoms with Crippen LogP contribution in [-0.2, 0) is 0 Å². The van der Waals surface area contributed by atoms with Crippen LogP contribution in [0.5, 0.6) is 0 Å². The highest BCUT2D eigenvalue weighted by Crippen LogP contribution is 2.23. The average Bonchev–Trinajstić information content (AvgIpc) is 2.12. The summed E-state index contributed by atoms with van der Waals surface area (Å²) >= 11 is 0. The number of hydrogen-bond donors (Lipinski definition) is 2. The molecule has 0 radical (unpaired) electrons. The Morgan fingerprint density at radius 3 is 2.36 bits per heavy atom. The van der Waals surface area contributed by atoms with E-state index in [9.17, 15) is 4.79 Å². The molecule has 3 heteroatoms. The van der Waals surface area contributed by atoms with Crippen molar-refractivity contribution in [2.75, 3.05) is 5.32 Å². The van der Waals surface area contributed by atoms with Crippen LogP contribution in [0.15, 0.2) is 24.3 Å². The molecule has 3 N–H and O–H groups in total. The predicted octanol–water partition coefficient (Wildman–Crippen LogP) is 1.75. The molecule has 0 atom stereocenters. The van der Waals surface area contributed by atoms with E-state index in [4.69, 9.17) is 5.73 Å². The lowest BCUT2D eigenvalue weighted by atomic mass is 9.93. The van der Waals surface area contributed by atoms with Gasteiger partial charge in [-0.2, -0.15) is 0 Å². The Morgan fingerprint density at radius 1 is 1.29 bits per heavy atom. The Morgan fingerprint density at radius 2 is 1.93 bits per heavy atom. The zero-order chi connectivity index (χ0) is 9.97. The highest BCUT2D eigenvalue weighted by molar-refractivity contribution is 5.93. The zero-order valence-electron chi connectivity index (χ0n) is 7.99. The van der Waals surface area contributed by atoms with Crippen LogP contribution in [0.1, 0.15) is 29.6 Å². The van der Waals surface area contributed by atoms with E-state index in [0.717, 1.165) is 5.69 Å². The molecule has 1 aliphatic carbocycles. The number of rotatable bonds is 3. The van der Waals surface area contributed by atoms with Crippen LogP contribution in [0.25, 0.3) is 0 Å². The van der Waals surface area contributed by atoms with E-state index < -0.39 is 0 Å². The van der Waals surface area contributed by atoms with Crippen LogP contribution < -0.4 is 11.1 Å². The first-order valence-electron chi connectivity index (χ1n) is 4.92. The van der Waals surface area contributed by atoms with Gasteiger partial charge >= 0.3 is 0 Å². The summed E-state index contributed by atoms with van der Waals surface area (Å²) in [7, 11) is 0. The Balaban J connectivity index is 2.01. The van der Waals surface area contributed by atoms with Gasteiger partial charge in [-0.1, -0.05) is 0 Å².